The molecule has 7 rings (SSSR count). The van der Waals surface area contributed by atoms with Crippen molar-refractivity contribution in [3.63, 3.8) is 0 Å². The highest BCUT2D eigenvalue weighted by atomic mass is 16.2. The molecule has 0 atom stereocenters. The normalized spacial score (nSPS) is 21.0. The number of aromatic nitrogens is 4. The molecule has 10 nitrogen and oxygen atoms in total. The van der Waals surface area contributed by atoms with E-state index in [-0.39, 0.29) is 23.9 Å². The minimum Gasteiger partial charge on any atom is -0.355 e. The van der Waals surface area contributed by atoms with Crippen LogP contribution in [0.3, 0.4) is 0 Å². The molecule has 4 aromatic rings. The van der Waals surface area contributed by atoms with Crippen LogP contribution < -0.4 is 15.5 Å². The Bertz CT molecular complexity index is 1830. The molecule has 1 aliphatic carbocycles. The number of amides is 2. The van der Waals surface area contributed by atoms with E-state index < -0.39 is 5.41 Å². The molecule has 10 heteroatoms. The number of benzene rings is 1. The number of fused-ring (bicyclic) bond motifs is 2. The molecule has 0 unspecified atom stereocenters. The molecule has 3 aliphatic rings. The second kappa shape index (κ2) is 11.5. The van der Waals surface area contributed by atoms with E-state index >= 15 is 0 Å². The first-order valence-electron chi connectivity index (χ1n) is 16.6. The second-order valence-corrected chi connectivity index (χ2v) is 14.0. The van der Waals surface area contributed by atoms with Crippen LogP contribution in [0.2, 0.25) is 0 Å². The first-order chi connectivity index (χ1) is 22.1. The summed E-state index contributed by atoms with van der Waals surface area (Å²) < 4.78 is 2.10. The van der Waals surface area contributed by atoms with Crippen LogP contribution in [0.5, 0.6) is 0 Å². The van der Waals surface area contributed by atoms with Crippen LogP contribution >= 0.6 is 0 Å². The van der Waals surface area contributed by atoms with Crippen molar-refractivity contribution in [3.05, 3.63) is 59.7 Å². The monoisotopic (exact) mass is 620 g/mol. The van der Waals surface area contributed by atoms with Gasteiger partial charge in [0.25, 0.3) is 5.91 Å². The van der Waals surface area contributed by atoms with Gasteiger partial charge in [-0.1, -0.05) is 12.5 Å². The Hall–Kier alpha value is -4.31. The Morgan fingerprint density at radius 3 is 2.50 bits per heavy atom. The Morgan fingerprint density at radius 1 is 1.02 bits per heavy atom. The Labute approximate surface area is 270 Å². The summed E-state index contributed by atoms with van der Waals surface area (Å²) in [5.74, 6) is 0.629. The first kappa shape index (κ1) is 30.3. The molecule has 2 amide bonds. The van der Waals surface area contributed by atoms with Gasteiger partial charge < -0.3 is 25.0 Å². The Morgan fingerprint density at radius 2 is 1.78 bits per heavy atom. The van der Waals surface area contributed by atoms with Crippen LogP contribution in [-0.2, 0) is 10.2 Å². The maximum Gasteiger partial charge on any atom is 0.251 e. The number of anilines is 3. The zero-order valence-electron chi connectivity index (χ0n) is 27.7. The quantitative estimate of drug-likeness (QED) is 0.256. The molecule has 1 saturated carbocycles. The molecule has 0 radical (unpaired) electrons. The average Bonchev–Trinajstić information content (AvgIpc) is 3.55. The van der Waals surface area contributed by atoms with E-state index in [1.165, 1.54) is 32.4 Å². The fourth-order valence-electron chi connectivity index (χ4n) is 7.39. The summed E-state index contributed by atoms with van der Waals surface area (Å²) in [6.07, 6.45) is 9.56. The minimum atomic E-state index is -0.682. The summed E-state index contributed by atoms with van der Waals surface area (Å²) in [5, 5.41) is 6.22. The number of hydrogen-bond acceptors (Lipinski definition) is 7. The zero-order valence-corrected chi connectivity index (χ0v) is 27.7. The number of carbonyl (C=O) groups is 2. The van der Waals surface area contributed by atoms with Crippen molar-refractivity contribution in [1.82, 2.24) is 29.7 Å². The third-order valence-electron chi connectivity index (χ3n) is 10.2. The highest BCUT2D eigenvalue weighted by molar-refractivity contribution is 6.08. The van der Waals surface area contributed by atoms with E-state index in [0.717, 1.165) is 57.8 Å². The maximum absolute atomic E-state index is 13.9. The van der Waals surface area contributed by atoms with Crippen molar-refractivity contribution >= 4 is 40.0 Å². The summed E-state index contributed by atoms with van der Waals surface area (Å²) in [4.78, 5) is 45.9. The van der Waals surface area contributed by atoms with Gasteiger partial charge in [-0.3, -0.25) is 14.6 Å². The fraction of sp³-hybridized carbons (Fsp3) is 0.472. The molecule has 3 aromatic heterocycles. The lowest BCUT2D eigenvalue weighted by molar-refractivity contribution is -0.123. The third kappa shape index (κ3) is 5.03. The molecular formula is C36H44N8O2. The van der Waals surface area contributed by atoms with Crippen molar-refractivity contribution in [3.8, 4) is 11.3 Å². The summed E-state index contributed by atoms with van der Waals surface area (Å²) in [6.45, 7) is 12.5. The zero-order chi connectivity index (χ0) is 32.3. The van der Waals surface area contributed by atoms with Gasteiger partial charge in [0.1, 0.15) is 5.52 Å². The number of rotatable bonds is 7. The summed E-state index contributed by atoms with van der Waals surface area (Å²) in [7, 11) is 1.64. The minimum absolute atomic E-state index is 0.127. The predicted molar refractivity (Wildman–Crippen MR) is 182 cm³/mol. The van der Waals surface area contributed by atoms with Gasteiger partial charge in [-0.05, 0) is 103 Å². The van der Waals surface area contributed by atoms with Crippen molar-refractivity contribution in [1.29, 1.82) is 0 Å². The van der Waals surface area contributed by atoms with Crippen LogP contribution in [0, 0.1) is 6.92 Å². The standard InChI is InChI=1S/C36H44N8O2/c1-21(2)43-20-39-29-18-28(41-33(31(29)43)40-24-11-10-22(3)27(15-24)34(45)37-6)23-14-30-32(38-19-23)36(4,5)35(46)44(30)26-16-25(17-26)42-12-8-7-9-13-42/h10-11,14-15,18-21,25-26H,7-9,12-13,16-17H2,1-6H3,(H,37,45)(H,40,41)/t25-,26+. The van der Waals surface area contributed by atoms with Crippen molar-refractivity contribution in [2.24, 2.45) is 0 Å². The number of hydrogen-bond donors (Lipinski definition) is 2. The van der Waals surface area contributed by atoms with E-state index in [0.29, 0.717) is 17.4 Å². The Balaban J connectivity index is 1.26. The van der Waals surface area contributed by atoms with Crippen LogP contribution in [0.25, 0.3) is 22.3 Å². The van der Waals surface area contributed by atoms with Crippen LogP contribution in [-0.4, -0.2) is 68.5 Å². The smallest absolute Gasteiger partial charge is 0.251 e. The third-order valence-corrected chi connectivity index (χ3v) is 10.2. The van der Waals surface area contributed by atoms with Crippen LogP contribution in [0.1, 0.15) is 87.5 Å². The number of nitrogens with one attached hydrogen (secondary N) is 2. The number of nitrogens with zero attached hydrogens (tertiary/aromatic N) is 6. The van der Waals surface area contributed by atoms with E-state index in [1.54, 1.807) is 7.05 Å². The second-order valence-electron chi connectivity index (χ2n) is 14.0. The van der Waals surface area contributed by atoms with Crippen LogP contribution in [0.4, 0.5) is 17.2 Å². The van der Waals surface area contributed by atoms with E-state index in [9.17, 15) is 9.59 Å². The molecule has 5 heterocycles. The lowest BCUT2D eigenvalue weighted by Crippen LogP contribution is -2.57. The molecule has 0 spiro atoms. The van der Waals surface area contributed by atoms with Gasteiger partial charge in [-0.15, -0.1) is 0 Å². The van der Waals surface area contributed by atoms with Crippen molar-refractivity contribution in [2.45, 2.75) is 90.3 Å². The van der Waals surface area contributed by atoms with E-state index in [4.69, 9.17) is 15.0 Å². The molecule has 1 aromatic carbocycles. The maximum atomic E-state index is 13.9. The lowest BCUT2D eigenvalue weighted by atomic mass is 9.83. The highest BCUT2D eigenvalue weighted by Crippen LogP contribution is 2.47. The average molecular weight is 621 g/mol. The molecule has 2 fully saturated rings. The molecule has 46 heavy (non-hydrogen) atoms. The van der Waals surface area contributed by atoms with E-state index in [2.05, 4.69) is 40.0 Å². The summed E-state index contributed by atoms with van der Waals surface area (Å²) in [6, 6.07) is 10.7. The summed E-state index contributed by atoms with van der Waals surface area (Å²) >= 11 is 0. The van der Waals surface area contributed by atoms with E-state index in [1.807, 2.05) is 62.5 Å². The fourth-order valence-corrected chi connectivity index (χ4v) is 7.39. The van der Waals surface area contributed by atoms with Gasteiger partial charge in [-0.2, -0.15) is 0 Å². The molecule has 240 valence electrons. The van der Waals surface area contributed by atoms with Gasteiger partial charge in [0.15, 0.2) is 5.82 Å². The van der Waals surface area contributed by atoms with Crippen LogP contribution in [0.15, 0.2) is 42.9 Å². The number of carbonyl (C=O) groups excluding carboxylic acids is 2. The SMILES string of the molecule is CNC(=O)c1cc(Nc2nc(-c3cnc4c(c3)N([C@H]3C[C@@H](N5CCCCC5)C3)C(=O)C4(C)C)cc3ncn(C(C)C)c23)ccc1C. The molecule has 1 saturated heterocycles. The van der Waals surface area contributed by atoms with Gasteiger partial charge in [0.2, 0.25) is 5.91 Å². The van der Waals surface area contributed by atoms with Gasteiger partial charge in [-0.25, -0.2) is 9.97 Å². The largest absolute Gasteiger partial charge is 0.355 e. The lowest BCUT2D eigenvalue weighted by Gasteiger charge is -2.47. The number of likely N-dealkylation sites (tertiary alicyclic amines) is 1. The summed E-state index contributed by atoms with van der Waals surface area (Å²) in [5.41, 5.74) is 6.52. The molecule has 2 N–H and O–H groups in total. The number of imidazole rings is 1. The van der Waals surface area contributed by atoms with Crippen molar-refractivity contribution in [2.75, 3.05) is 30.4 Å². The predicted octanol–water partition coefficient (Wildman–Crippen LogP) is 6.13. The number of piperidine rings is 1. The molecule has 2 aliphatic heterocycles. The first-order valence-corrected chi connectivity index (χ1v) is 16.6. The van der Waals surface area contributed by atoms with Gasteiger partial charge in [0, 0.05) is 48.2 Å². The van der Waals surface area contributed by atoms with Gasteiger partial charge >= 0.3 is 0 Å². The number of aryl methyl sites for hydroxylation is 1. The van der Waals surface area contributed by atoms with Crippen molar-refractivity contribution < 1.29 is 9.59 Å². The van der Waals surface area contributed by atoms with Gasteiger partial charge in [0.05, 0.1) is 34.3 Å². The number of pyridine rings is 2. The Kier molecular flexibility index (Phi) is 7.58. The molecular weight excluding hydrogens is 576 g/mol. The topological polar surface area (TPSA) is 108 Å². The highest BCUT2D eigenvalue weighted by Gasteiger charge is 2.51. The molecule has 0 bridgehead atoms.